The quantitative estimate of drug-likeness (QED) is 0.842. The number of hydrogen-bond donors (Lipinski definition) is 1. The molecule has 2 fully saturated rings. The second-order valence-corrected chi connectivity index (χ2v) is 7.87. The summed E-state index contributed by atoms with van der Waals surface area (Å²) in [5.41, 5.74) is 6.61. The molecule has 0 aromatic heterocycles. The fourth-order valence-corrected chi connectivity index (χ4v) is 4.86. The van der Waals surface area contributed by atoms with Gasteiger partial charge in [0.15, 0.2) is 0 Å². The lowest BCUT2D eigenvalue weighted by molar-refractivity contribution is -0.0420. The molecule has 1 aliphatic carbocycles. The highest BCUT2D eigenvalue weighted by atomic mass is 15.2. The molecule has 0 aromatic rings. The molecule has 1 heterocycles. The van der Waals surface area contributed by atoms with Crippen molar-refractivity contribution in [2.24, 2.45) is 23.5 Å². The van der Waals surface area contributed by atoms with Gasteiger partial charge in [0.2, 0.25) is 0 Å². The minimum Gasteiger partial charge on any atom is -0.329 e. The van der Waals surface area contributed by atoms with Gasteiger partial charge in [0.25, 0.3) is 0 Å². The van der Waals surface area contributed by atoms with E-state index < -0.39 is 0 Å². The number of nitrogens with zero attached hydrogens (tertiary/aromatic N) is 1. The van der Waals surface area contributed by atoms with Gasteiger partial charge >= 0.3 is 0 Å². The van der Waals surface area contributed by atoms with Crippen molar-refractivity contribution in [3.8, 4) is 0 Å². The number of nitrogens with two attached hydrogens (primary N) is 1. The van der Waals surface area contributed by atoms with E-state index in [1.54, 1.807) is 0 Å². The van der Waals surface area contributed by atoms with Gasteiger partial charge in [-0.2, -0.15) is 0 Å². The lowest BCUT2D eigenvalue weighted by atomic mass is 9.71. The van der Waals surface area contributed by atoms with E-state index in [0.29, 0.717) is 11.6 Å². The van der Waals surface area contributed by atoms with Crippen molar-refractivity contribution >= 4 is 0 Å². The van der Waals surface area contributed by atoms with Crippen LogP contribution in [0.15, 0.2) is 0 Å². The zero-order valence-corrected chi connectivity index (χ0v) is 14.2. The normalized spacial score (nSPS) is 43.6. The minimum atomic E-state index is 0.312. The smallest absolute Gasteiger partial charge is 0.0334 e. The molecular weight excluding hydrogens is 244 g/mol. The van der Waals surface area contributed by atoms with E-state index in [2.05, 4.69) is 32.6 Å². The van der Waals surface area contributed by atoms with Crippen LogP contribution in [0, 0.1) is 17.8 Å². The van der Waals surface area contributed by atoms with Crippen molar-refractivity contribution in [1.29, 1.82) is 0 Å². The molecule has 3 atom stereocenters. The van der Waals surface area contributed by atoms with Gasteiger partial charge in [-0.3, -0.25) is 4.90 Å². The SMILES string of the molecule is CCCC1CCC(CN)(N2CC(C)CC(C)C2C)CC1. The van der Waals surface area contributed by atoms with Crippen LogP contribution in [0.2, 0.25) is 0 Å². The molecule has 0 bridgehead atoms. The van der Waals surface area contributed by atoms with Crippen molar-refractivity contribution in [2.45, 2.75) is 84.2 Å². The van der Waals surface area contributed by atoms with Gasteiger partial charge in [-0.05, 0) is 56.8 Å². The van der Waals surface area contributed by atoms with E-state index in [9.17, 15) is 0 Å². The average Bonchev–Trinajstić information content (AvgIpc) is 2.44. The van der Waals surface area contributed by atoms with Gasteiger partial charge in [-0.25, -0.2) is 0 Å². The minimum absolute atomic E-state index is 0.312. The van der Waals surface area contributed by atoms with E-state index in [1.807, 2.05) is 0 Å². The summed E-state index contributed by atoms with van der Waals surface area (Å²) in [6.07, 6.45) is 9.61. The summed E-state index contributed by atoms with van der Waals surface area (Å²) >= 11 is 0. The van der Waals surface area contributed by atoms with Crippen LogP contribution < -0.4 is 5.73 Å². The van der Waals surface area contributed by atoms with E-state index in [0.717, 1.165) is 24.3 Å². The van der Waals surface area contributed by atoms with Crippen molar-refractivity contribution < 1.29 is 0 Å². The van der Waals surface area contributed by atoms with E-state index >= 15 is 0 Å². The van der Waals surface area contributed by atoms with Gasteiger partial charge in [-0.1, -0.05) is 33.6 Å². The molecule has 2 N–H and O–H groups in total. The van der Waals surface area contributed by atoms with Crippen molar-refractivity contribution in [1.82, 2.24) is 4.90 Å². The number of piperidine rings is 1. The highest BCUT2D eigenvalue weighted by Crippen LogP contribution is 2.42. The summed E-state index contributed by atoms with van der Waals surface area (Å²) in [6.45, 7) is 11.7. The molecule has 0 radical (unpaired) electrons. The maximum absolute atomic E-state index is 6.30. The third-order valence-electron chi connectivity index (χ3n) is 6.32. The van der Waals surface area contributed by atoms with Crippen molar-refractivity contribution in [2.75, 3.05) is 13.1 Å². The Bertz CT molecular complexity index is 294. The Balaban J connectivity index is 2.07. The molecule has 2 heteroatoms. The van der Waals surface area contributed by atoms with Gasteiger partial charge in [0.1, 0.15) is 0 Å². The van der Waals surface area contributed by atoms with Crippen molar-refractivity contribution in [3.05, 3.63) is 0 Å². The molecule has 2 nitrogen and oxygen atoms in total. The largest absolute Gasteiger partial charge is 0.329 e. The van der Waals surface area contributed by atoms with Gasteiger partial charge in [0.05, 0.1) is 0 Å². The fourth-order valence-electron chi connectivity index (χ4n) is 4.86. The molecule has 118 valence electrons. The Kier molecular flexibility index (Phi) is 5.53. The first-order valence-corrected chi connectivity index (χ1v) is 8.99. The molecule has 0 amide bonds. The molecule has 3 unspecified atom stereocenters. The Morgan fingerprint density at radius 1 is 1.15 bits per heavy atom. The zero-order valence-electron chi connectivity index (χ0n) is 14.2. The second kappa shape index (κ2) is 6.79. The molecular formula is C18H36N2. The third kappa shape index (κ3) is 3.22. The van der Waals surface area contributed by atoms with Crippen LogP contribution in [0.25, 0.3) is 0 Å². The molecule has 2 aliphatic rings. The highest BCUT2D eigenvalue weighted by Gasteiger charge is 2.44. The standard InChI is InChI=1S/C18H36N2/c1-5-6-17-7-9-18(13-19,10-8-17)20-12-14(2)11-15(3)16(20)4/h14-17H,5-13,19H2,1-4H3. The average molecular weight is 281 g/mol. The first kappa shape index (κ1) is 16.3. The highest BCUT2D eigenvalue weighted by molar-refractivity contribution is 5.00. The monoisotopic (exact) mass is 280 g/mol. The van der Waals surface area contributed by atoms with Gasteiger partial charge in [0, 0.05) is 24.7 Å². The molecule has 0 spiro atoms. The summed E-state index contributed by atoms with van der Waals surface area (Å²) in [6, 6.07) is 0.706. The topological polar surface area (TPSA) is 29.3 Å². The predicted octanol–water partition coefficient (Wildman–Crippen LogP) is 4.04. The van der Waals surface area contributed by atoms with Gasteiger partial charge < -0.3 is 5.73 Å². The third-order valence-corrected chi connectivity index (χ3v) is 6.32. The van der Waals surface area contributed by atoms with Crippen LogP contribution >= 0.6 is 0 Å². The number of rotatable bonds is 4. The van der Waals surface area contributed by atoms with E-state index in [4.69, 9.17) is 5.73 Å². The Morgan fingerprint density at radius 2 is 1.80 bits per heavy atom. The fraction of sp³-hybridized carbons (Fsp3) is 1.00. The molecule has 0 aromatic carbocycles. The molecule has 1 aliphatic heterocycles. The Morgan fingerprint density at radius 3 is 2.35 bits per heavy atom. The van der Waals surface area contributed by atoms with Crippen LogP contribution in [0.1, 0.15) is 72.6 Å². The summed E-state index contributed by atoms with van der Waals surface area (Å²) in [4.78, 5) is 2.81. The molecule has 20 heavy (non-hydrogen) atoms. The lowest BCUT2D eigenvalue weighted by Gasteiger charge is -2.54. The Hall–Kier alpha value is -0.0800. The zero-order chi connectivity index (χ0) is 14.8. The van der Waals surface area contributed by atoms with Gasteiger partial charge in [-0.15, -0.1) is 0 Å². The number of hydrogen-bond acceptors (Lipinski definition) is 2. The van der Waals surface area contributed by atoms with Crippen molar-refractivity contribution in [3.63, 3.8) is 0 Å². The summed E-state index contributed by atoms with van der Waals surface area (Å²) in [7, 11) is 0. The maximum atomic E-state index is 6.30. The summed E-state index contributed by atoms with van der Waals surface area (Å²) < 4.78 is 0. The first-order valence-electron chi connectivity index (χ1n) is 8.99. The van der Waals surface area contributed by atoms with Crippen LogP contribution in [-0.2, 0) is 0 Å². The van der Waals surface area contributed by atoms with Crippen LogP contribution in [0.3, 0.4) is 0 Å². The second-order valence-electron chi connectivity index (χ2n) is 7.87. The molecule has 1 saturated carbocycles. The van der Waals surface area contributed by atoms with Crippen LogP contribution in [-0.4, -0.2) is 29.6 Å². The van der Waals surface area contributed by atoms with Crippen LogP contribution in [0.5, 0.6) is 0 Å². The number of likely N-dealkylation sites (tertiary alicyclic amines) is 1. The lowest BCUT2D eigenvalue weighted by Crippen LogP contribution is -2.62. The van der Waals surface area contributed by atoms with Crippen LogP contribution in [0.4, 0.5) is 0 Å². The Labute approximate surface area is 126 Å². The molecule has 1 saturated heterocycles. The first-order chi connectivity index (χ1) is 9.52. The summed E-state index contributed by atoms with van der Waals surface area (Å²) in [5.74, 6) is 2.61. The van der Waals surface area contributed by atoms with E-state index in [1.165, 1.54) is 51.5 Å². The summed E-state index contributed by atoms with van der Waals surface area (Å²) in [5, 5.41) is 0. The maximum Gasteiger partial charge on any atom is 0.0334 e. The predicted molar refractivity (Wildman–Crippen MR) is 87.8 cm³/mol. The molecule has 2 rings (SSSR count). The van der Waals surface area contributed by atoms with E-state index in [-0.39, 0.29) is 0 Å².